The van der Waals surface area contributed by atoms with Crippen molar-refractivity contribution in [1.82, 2.24) is 4.98 Å². The van der Waals surface area contributed by atoms with Gasteiger partial charge in [0.15, 0.2) is 0 Å². The van der Waals surface area contributed by atoms with Gasteiger partial charge in [0.25, 0.3) is 0 Å². The van der Waals surface area contributed by atoms with Crippen LogP contribution in [0.15, 0.2) is 10.7 Å². The van der Waals surface area contributed by atoms with E-state index in [2.05, 4.69) is 34.8 Å². The molecular weight excluding hydrogens is 284 g/mol. The van der Waals surface area contributed by atoms with Crippen LogP contribution in [0.1, 0.15) is 19.4 Å². The predicted molar refractivity (Wildman–Crippen MR) is 72.2 cm³/mol. The Bertz CT molecular complexity index is 370. The van der Waals surface area contributed by atoms with Gasteiger partial charge < -0.3 is 15.2 Å². The molecule has 0 amide bonds. The molecule has 1 aromatic rings. The van der Waals surface area contributed by atoms with E-state index in [0.29, 0.717) is 30.7 Å². The molecule has 0 saturated heterocycles. The normalized spacial score (nSPS) is 10.9. The molecular formula is C12H19BrN2O2. The van der Waals surface area contributed by atoms with Crippen LogP contribution in [0.2, 0.25) is 0 Å². The van der Waals surface area contributed by atoms with E-state index in [1.54, 1.807) is 6.20 Å². The number of halogens is 1. The molecule has 0 fully saturated rings. The number of aromatic nitrogens is 1. The Kier molecular flexibility index (Phi) is 5.71. The molecule has 0 aliphatic carbocycles. The molecule has 17 heavy (non-hydrogen) atoms. The van der Waals surface area contributed by atoms with E-state index in [-0.39, 0.29) is 0 Å². The Morgan fingerprint density at radius 3 is 2.76 bits per heavy atom. The second-order valence-corrected chi connectivity index (χ2v) is 5.07. The first-order valence-corrected chi connectivity index (χ1v) is 6.42. The summed E-state index contributed by atoms with van der Waals surface area (Å²) in [6.45, 7) is 7.95. The van der Waals surface area contributed by atoms with Crippen LogP contribution in [0.4, 0.5) is 5.69 Å². The Labute approximate surface area is 111 Å². The van der Waals surface area contributed by atoms with Crippen LogP contribution in [0.3, 0.4) is 0 Å². The molecule has 2 N–H and O–H groups in total. The number of pyridine rings is 1. The van der Waals surface area contributed by atoms with Crippen LogP contribution in [0, 0.1) is 12.8 Å². The summed E-state index contributed by atoms with van der Waals surface area (Å²) in [5, 5.41) is 0. The molecule has 0 aromatic carbocycles. The van der Waals surface area contributed by atoms with Crippen LogP contribution in [0.5, 0.6) is 5.88 Å². The van der Waals surface area contributed by atoms with E-state index in [1.165, 1.54) is 0 Å². The summed E-state index contributed by atoms with van der Waals surface area (Å²) in [4.78, 5) is 4.12. The highest BCUT2D eigenvalue weighted by molar-refractivity contribution is 9.10. The van der Waals surface area contributed by atoms with Crippen molar-refractivity contribution in [2.45, 2.75) is 20.8 Å². The maximum absolute atomic E-state index is 5.73. The summed E-state index contributed by atoms with van der Waals surface area (Å²) in [6.07, 6.45) is 1.60. The van der Waals surface area contributed by atoms with Gasteiger partial charge in [0.2, 0.25) is 5.88 Å². The number of anilines is 1. The standard InChI is InChI=1S/C12H19BrN2O2/c1-8(2)7-16-4-5-17-12-11(13)9(3)10(14)6-15-12/h6,8H,4-5,7,14H2,1-3H3. The van der Waals surface area contributed by atoms with Gasteiger partial charge in [-0.2, -0.15) is 0 Å². The van der Waals surface area contributed by atoms with Crippen LogP contribution < -0.4 is 10.5 Å². The maximum Gasteiger partial charge on any atom is 0.228 e. The topological polar surface area (TPSA) is 57.4 Å². The summed E-state index contributed by atoms with van der Waals surface area (Å²) in [7, 11) is 0. The number of ether oxygens (including phenoxy) is 2. The number of rotatable bonds is 6. The fraction of sp³-hybridized carbons (Fsp3) is 0.583. The van der Waals surface area contributed by atoms with Gasteiger partial charge in [0.1, 0.15) is 6.61 Å². The Morgan fingerprint density at radius 1 is 1.41 bits per heavy atom. The first kappa shape index (κ1) is 14.3. The predicted octanol–water partition coefficient (Wildman–Crippen LogP) is 2.79. The van der Waals surface area contributed by atoms with Crippen molar-refractivity contribution in [2.24, 2.45) is 5.92 Å². The lowest BCUT2D eigenvalue weighted by Crippen LogP contribution is -2.11. The Morgan fingerprint density at radius 2 is 2.12 bits per heavy atom. The molecule has 1 rings (SSSR count). The minimum absolute atomic E-state index is 0.488. The highest BCUT2D eigenvalue weighted by atomic mass is 79.9. The van der Waals surface area contributed by atoms with Crippen LogP contribution in [0.25, 0.3) is 0 Å². The van der Waals surface area contributed by atoms with Gasteiger partial charge in [-0.15, -0.1) is 0 Å². The zero-order valence-electron chi connectivity index (χ0n) is 10.5. The summed E-state index contributed by atoms with van der Waals surface area (Å²) in [6, 6.07) is 0. The average molecular weight is 303 g/mol. The molecule has 0 saturated carbocycles. The van der Waals surface area contributed by atoms with Gasteiger partial charge >= 0.3 is 0 Å². The average Bonchev–Trinajstić information content (AvgIpc) is 2.28. The number of hydrogen-bond acceptors (Lipinski definition) is 4. The Balaban J connectivity index is 2.40. The molecule has 5 heteroatoms. The van der Waals surface area contributed by atoms with E-state index in [4.69, 9.17) is 15.2 Å². The van der Waals surface area contributed by atoms with Crippen LogP contribution in [-0.2, 0) is 4.74 Å². The number of nitrogens with zero attached hydrogens (tertiary/aromatic N) is 1. The molecule has 4 nitrogen and oxygen atoms in total. The van der Waals surface area contributed by atoms with Crippen molar-refractivity contribution < 1.29 is 9.47 Å². The third-order valence-electron chi connectivity index (χ3n) is 2.19. The first-order chi connectivity index (χ1) is 8.02. The smallest absolute Gasteiger partial charge is 0.228 e. The highest BCUT2D eigenvalue weighted by Crippen LogP contribution is 2.29. The van der Waals surface area contributed by atoms with Gasteiger partial charge in [-0.1, -0.05) is 13.8 Å². The fourth-order valence-corrected chi connectivity index (χ4v) is 1.63. The lowest BCUT2D eigenvalue weighted by atomic mass is 10.2. The van der Waals surface area contributed by atoms with Crippen LogP contribution in [-0.4, -0.2) is 24.8 Å². The number of hydrogen-bond donors (Lipinski definition) is 1. The lowest BCUT2D eigenvalue weighted by Gasteiger charge is -2.11. The number of nitrogen functional groups attached to an aromatic ring is 1. The van der Waals surface area contributed by atoms with Crippen LogP contribution >= 0.6 is 15.9 Å². The largest absolute Gasteiger partial charge is 0.474 e. The van der Waals surface area contributed by atoms with E-state index in [1.807, 2.05) is 6.92 Å². The summed E-state index contributed by atoms with van der Waals surface area (Å²) in [5.74, 6) is 1.10. The fourth-order valence-electron chi connectivity index (χ4n) is 1.19. The molecule has 0 aliphatic rings. The zero-order chi connectivity index (χ0) is 12.8. The van der Waals surface area contributed by atoms with Crippen molar-refractivity contribution in [3.8, 4) is 5.88 Å². The third-order valence-corrected chi connectivity index (χ3v) is 3.12. The van der Waals surface area contributed by atoms with Crippen molar-refractivity contribution in [3.63, 3.8) is 0 Å². The third kappa shape index (κ3) is 4.52. The van der Waals surface area contributed by atoms with Gasteiger partial charge in [-0.3, -0.25) is 0 Å². The van der Waals surface area contributed by atoms with Crippen molar-refractivity contribution in [2.75, 3.05) is 25.6 Å². The molecule has 0 unspecified atom stereocenters. The minimum Gasteiger partial charge on any atom is -0.474 e. The van der Waals surface area contributed by atoms with E-state index in [9.17, 15) is 0 Å². The maximum atomic E-state index is 5.73. The lowest BCUT2D eigenvalue weighted by molar-refractivity contribution is 0.0804. The molecule has 0 atom stereocenters. The molecule has 0 spiro atoms. The van der Waals surface area contributed by atoms with Crippen molar-refractivity contribution in [3.05, 3.63) is 16.2 Å². The molecule has 96 valence electrons. The summed E-state index contributed by atoms with van der Waals surface area (Å²) in [5.41, 5.74) is 7.32. The second kappa shape index (κ2) is 6.81. The molecule has 0 bridgehead atoms. The van der Waals surface area contributed by atoms with E-state index in [0.717, 1.165) is 16.6 Å². The quantitative estimate of drug-likeness (QED) is 0.821. The zero-order valence-corrected chi connectivity index (χ0v) is 12.1. The second-order valence-electron chi connectivity index (χ2n) is 4.27. The van der Waals surface area contributed by atoms with Gasteiger partial charge in [-0.05, 0) is 34.3 Å². The molecule has 0 aliphatic heterocycles. The van der Waals surface area contributed by atoms with Crippen molar-refractivity contribution >= 4 is 21.6 Å². The van der Waals surface area contributed by atoms with Gasteiger partial charge in [0.05, 0.1) is 23.0 Å². The molecule has 0 radical (unpaired) electrons. The minimum atomic E-state index is 0.488. The first-order valence-electron chi connectivity index (χ1n) is 5.63. The van der Waals surface area contributed by atoms with Gasteiger partial charge in [0, 0.05) is 6.61 Å². The van der Waals surface area contributed by atoms with Crippen molar-refractivity contribution in [1.29, 1.82) is 0 Å². The summed E-state index contributed by atoms with van der Waals surface area (Å²) < 4.78 is 11.7. The SMILES string of the molecule is Cc1c(N)cnc(OCCOCC(C)C)c1Br. The monoisotopic (exact) mass is 302 g/mol. The van der Waals surface area contributed by atoms with E-state index < -0.39 is 0 Å². The van der Waals surface area contributed by atoms with E-state index >= 15 is 0 Å². The molecule has 1 aromatic heterocycles. The Hall–Kier alpha value is -0.810. The van der Waals surface area contributed by atoms with Gasteiger partial charge in [-0.25, -0.2) is 4.98 Å². The number of nitrogens with two attached hydrogens (primary N) is 1. The molecule has 1 heterocycles. The summed E-state index contributed by atoms with van der Waals surface area (Å²) >= 11 is 3.42. The highest BCUT2D eigenvalue weighted by Gasteiger charge is 2.08.